The number of Topliss-reactive ketones (excluding diaryl/α,β-unsaturated/α-hetero) is 1. The molecule has 0 aromatic heterocycles. The van der Waals surface area contributed by atoms with Gasteiger partial charge in [0.2, 0.25) is 0 Å². The molecule has 0 aliphatic carbocycles. The molecule has 0 saturated carbocycles. The molecule has 2 nitrogen and oxygen atoms in total. The molecule has 2 atom stereocenters. The lowest BCUT2D eigenvalue weighted by Crippen LogP contribution is -2.24. The zero-order chi connectivity index (χ0) is 9.72. The van der Waals surface area contributed by atoms with Crippen molar-refractivity contribution in [2.45, 2.75) is 34.1 Å². The summed E-state index contributed by atoms with van der Waals surface area (Å²) in [5, 5.41) is 8.74. The van der Waals surface area contributed by atoms with Crippen LogP contribution in [0.2, 0.25) is 0 Å². The molecular formula is C10H17NO. The maximum atomic E-state index is 11.5. The second kappa shape index (κ2) is 4.92. The smallest absolute Gasteiger partial charge is 0.153 e. The molecule has 0 saturated heterocycles. The van der Waals surface area contributed by atoms with Crippen LogP contribution in [0.15, 0.2) is 0 Å². The molecule has 0 spiro atoms. The van der Waals surface area contributed by atoms with E-state index in [1.807, 2.05) is 27.7 Å². The largest absolute Gasteiger partial charge is 0.298 e. The third-order valence-corrected chi connectivity index (χ3v) is 2.21. The van der Waals surface area contributed by atoms with Gasteiger partial charge in [-0.15, -0.1) is 0 Å². The first-order valence-electron chi connectivity index (χ1n) is 4.47. The summed E-state index contributed by atoms with van der Waals surface area (Å²) in [7, 11) is 0. The van der Waals surface area contributed by atoms with E-state index >= 15 is 0 Å². The van der Waals surface area contributed by atoms with Crippen molar-refractivity contribution in [2.24, 2.45) is 17.8 Å². The van der Waals surface area contributed by atoms with Gasteiger partial charge in [-0.25, -0.2) is 0 Å². The first-order valence-corrected chi connectivity index (χ1v) is 4.47. The van der Waals surface area contributed by atoms with Gasteiger partial charge < -0.3 is 0 Å². The average Bonchev–Trinajstić information content (AvgIpc) is 2.03. The lowest BCUT2D eigenvalue weighted by Gasteiger charge is -2.15. The van der Waals surface area contributed by atoms with Crippen molar-refractivity contribution < 1.29 is 4.79 Å². The van der Waals surface area contributed by atoms with Crippen LogP contribution in [0, 0.1) is 29.1 Å². The van der Waals surface area contributed by atoms with Crippen LogP contribution in [0.25, 0.3) is 0 Å². The minimum Gasteiger partial charge on any atom is -0.298 e. The Balaban J connectivity index is 4.35. The summed E-state index contributed by atoms with van der Waals surface area (Å²) in [5.74, 6) is -0.163. The number of nitrogens with zero attached hydrogens (tertiary/aromatic N) is 1. The summed E-state index contributed by atoms with van der Waals surface area (Å²) in [5.41, 5.74) is 0. The van der Waals surface area contributed by atoms with Gasteiger partial charge in [-0.2, -0.15) is 5.26 Å². The Labute approximate surface area is 74.6 Å². The molecule has 0 aliphatic rings. The van der Waals surface area contributed by atoms with Gasteiger partial charge in [0.15, 0.2) is 5.78 Å². The fraction of sp³-hybridized carbons (Fsp3) is 0.800. The SMILES string of the molecule is CCC(C)C(=O)C(C#N)C(C)C. The molecule has 0 heterocycles. The zero-order valence-corrected chi connectivity index (χ0v) is 8.29. The molecule has 0 amide bonds. The third-order valence-electron chi connectivity index (χ3n) is 2.21. The van der Waals surface area contributed by atoms with E-state index in [9.17, 15) is 4.79 Å². The Bertz CT molecular complexity index is 191. The molecule has 0 radical (unpaired) electrons. The summed E-state index contributed by atoms with van der Waals surface area (Å²) in [6.45, 7) is 7.68. The number of carbonyl (C=O) groups excluding carboxylic acids is 1. The molecule has 12 heavy (non-hydrogen) atoms. The highest BCUT2D eigenvalue weighted by Crippen LogP contribution is 2.17. The molecule has 0 aromatic rings. The number of nitriles is 1. The minimum absolute atomic E-state index is 0.0250. The summed E-state index contributed by atoms with van der Waals surface area (Å²) in [6.07, 6.45) is 0.823. The molecule has 68 valence electrons. The fourth-order valence-corrected chi connectivity index (χ4v) is 1.05. The Morgan fingerprint density at radius 3 is 2.17 bits per heavy atom. The molecule has 0 rings (SSSR count). The van der Waals surface area contributed by atoms with E-state index in [2.05, 4.69) is 6.07 Å². The highest BCUT2D eigenvalue weighted by molar-refractivity contribution is 5.85. The van der Waals surface area contributed by atoms with Crippen LogP contribution >= 0.6 is 0 Å². The van der Waals surface area contributed by atoms with Gasteiger partial charge in [-0.05, 0) is 12.3 Å². The number of rotatable bonds is 4. The summed E-state index contributed by atoms with van der Waals surface area (Å²) in [4.78, 5) is 11.5. The topological polar surface area (TPSA) is 40.9 Å². The highest BCUT2D eigenvalue weighted by Gasteiger charge is 2.24. The number of hydrogen-bond donors (Lipinski definition) is 0. The van der Waals surface area contributed by atoms with E-state index < -0.39 is 5.92 Å². The van der Waals surface area contributed by atoms with Crippen molar-refractivity contribution >= 4 is 5.78 Å². The summed E-state index contributed by atoms with van der Waals surface area (Å²) < 4.78 is 0. The Morgan fingerprint density at radius 1 is 1.42 bits per heavy atom. The third kappa shape index (κ3) is 2.65. The minimum atomic E-state index is -0.417. The molecule has 0 fully saturated rings. The molecule has 0 bridgehead atoms. The lowest BCUT2D eigenvalue weighted by molar-refractivity contribution is -0.125. The summed E-state index contributed by atoms with van der Waals surface area (Å²) in [6, 6.07) is 2.07. The Kier molecular flexibility index (Phi) is 4.58. The van der Waals surface area contributed by atoms with E-state index in [1.54, 1.807) is 0 Å². The van der Waals surface area contributed by atoms with E-state index in [-0.39, 0.29) is 17.6 Å². The Hall–Kier alpha value is -0.840. The van der Waals surface area contributed by atoms with Crippen LogP contribution in [0.3, 0.4) is 0 Å². The van der Waals surface area contributed by atoms with Crippen molar-refractivity contribution in [1.29, 1.82) is 5.26 Å². The maximum Gasteiger partial charge on any atom is 0.153 e. The maximum absolute atomic E-state index is 11.5. The van der Waals surface area contributed by atoms with Gasteiger partial charge in [0.05, 0.1) is 6.07 Å². The van der Waals surface area contributed by atoms with E-state index in [0.717, 1.165) is 6.42 Å². The second-order valence-electron chi connectivity index (χ2n) is 3.56. The number of ketones is 1. The average molecular weight is 167 g/mol. The molecule has 0 N–H and O–H groups in total. The van der Waals surface area contributed by atoms with Crippen LogP contribution in [0.4, 0.5) is 0 Å². The van der Waals surface area contributed by atoms with Gasteiger partial charge in [0, 0.05) is 5.92 Å². The molecule has 2 unspecified atom stereocenters. The first kappa shape index (κ1) is 11.2. The van der Waals surface area contributed by atoms with Crippen molar-refractivity contribution in [2.75, 3.05) is 0 Å². The zero-order valence-electron chi connectivity index (χ0n) is 8.29. The van der Waals surface area contributed by atoms with Crippen molar-refractivity contribution in [3.05, 3.63) is 0 Å². The van der Waals surface area contributed by atoms with Crippen molar-refractivity contribution in [3.63, 3.8) is 0 Å². The van der Waals surface area contributed by atoms with Crippen LogP contribution in [0.1, 0.15) is 34.1 Å². The van der Waals surface area contributed by atoms with E-state index in [0.29, 0.717) is 0 Å². The standard InChI is InChI=1S/C10H17NO/c1-5-8(4)10(12)9(6-11)7(2)3/h7-9H,5H2,1-4H3. The van der Waals surface area contributed by atoms with E-state index in [4.69, 9.17) is 5.26 Å². The number of hydrogen-bond acceptors (Lipinski definition) is 2. The highest BCUT2D eigenvalue weighted by atomic mass is 16.1. The van der Waals surface area contributed by atoms with Gasteiger partial charge >= 0.3 is 0 Å². The van der Waals surface area contributed by atoms with Crippen molar-refractivity contribution in [1.82, 2.24) is 0 Å². The number of carbonyl (C=O) groups is 1. The first-order chi connectivity index (χ1) is 5.54. The quantitative estimate of drug-likeness (QED) is 0.645. The van der Waals surface area contributed by atoms with Crippen molar-refractivity contribution in [3.8, 4) is 6.07 Å². The lowest BCUT2D eigenvalue weighted by atomic mass is 9.86. The molecule has 2 heteroatoms. The predicted octanol–water partition coefficient (Wildman–Crippen LogP) is 2.40. The van der Waals surface area contributed by atoms with Crippen LogP contribution in [0.5, 0.6) is 0 Å². The van der Waals surface area contributed by atoms with Gasteiger partial charge in [-0.1, -0.05) is 27.7 Å². The molecule has 0 aromatic carbocycles. The van der Waals surface area contributed by atoms with Gasteiger partial charge in [-0.3, -0.25) is 4.79 Å². The van der Waals surface area contributed by atoms with Gasteiger partial charge in [0.25, 0.3) is 0 Å². The molecule has 0 aliphatic heterocycles. The summed E-state index contributed by atoms with van der Waals surface area (Å²) >= 11 is 0. The Morgan fingerprint density at radius 2 is 1.92 bits per heavy atom. The van der Waals surface area contributed by atoms with Crippen LogP contribution < -0.4 is 0 Å². The predicted molar refractivity (Wildman–Crippen MR) is 48.4 cm³/mol. The van der Waals surface area contributed by atoms with Crippen LogP contribution in [-0.4, -0.2) is 5.78 Å². The second-order valence-corrected chi connectivity index (χ2v) is 3.56. The monoisotopic (exact) mass is 167 g/mol. The van der Waals surface area contributed by atoms with Gasteiger partial charge in [0.1, 0.15) is 5.92 Å². The fourth-order valence-electron chi connectivity index (χ4n) is 1.05. The van der Waals surface area contributed by atoms with Crippen LogP contribution in [-0.2, 0) is 4.79 Å². The van der Waals surface area contributed by atoms with E-state index in [1.165, 1.54) is 0 Å². The molecular weight excluding hydrogens is 150 g/mol. The normalized spacial score (nSPS) is 15.3.